The van der Waals surface area contributed by atoms with Gasteiger partial charge in [0.05, 0.1) is 38.0 Å². The molecule has 10 heteroatoms. The van der Waals surface area contributed by atoms with Gasteiger partial charge >= 0.3 is 5.24 Å². The Morgan fingerprint density at radius 3 is 2.35 bits per heavy atom. The molecule has 1 aliphatic rings. The van der Waals surface area contributed by atoms with Crippen LogP contribution >= 0.6 is 11.8 Å². The number of carbonyl (C=O) groups excluding carboxylic acids is 1. The Kier molecular flexibility index (Phi) is 7.11. The molecule has 0 radical (unpaired) electrons. The van der Waals surface area contributed by atoms with Crippen LogP contribution in [0.25, 0.3) is 0 Å². The van der Waals surface area contributed by atoms with E-state index in [0.717, 1.165) is 29.5 Å². The van der Waals surface area contributed by atoms with Gasteiger partial charge in [-0.2, -0.15) is 5.10 Å². The Bertz CT molecular complexity index is 1080. The van der Waals surface area contributed by atoms with Crippen molar-refractivity contribution in [2.45, 2.75) is 25.1 Å². The van der Waals surface area contributed by atoms with Crippen LogP contribution in [0.15, 0.2) is 47.6 Å². The number of hydrazone groups is 1. The topological polar surface area (TPSA) is 97.3 Å². The van der Waals surface area contributed by atoms with Crippen LogP contribution in [0.5, 0.6) is 11.5 Å². The van der Waals surface area contributed by atoms with E-state index in [1.165, 1.54) is 16.8 Å². The van der Waals surface area contributed by atoms with Crippen LogP contribution < -0.4 is 14.2 Å². The molecule has 1 N–H and O–H groups in total. The van der Waals surface area contributed by atoms with Crippen molar-refractivity contribution in [1.82, 2.24) is 5.01 Å². The largest absolute Gasteiger partial charge is 0.493 e. The van der Waals surface area contributed by atoms with Crippen LogP contribution in [-0.4, -0.2) is 50.1 Å². The summed E-state index contributed by atoms with van der Waals surface area (Å²) in [7, 11) is -0.184. The summed E-state index contributed by atoms with van der Waals surface area (Å²) in [6.07, 6.45) is 1.85. The zero-order valence-corrected chi connectivity index (χ0v) is 19.4. The summed E-state index contributed by atoms with van der Waals surface area (Å²) in [5.41, 5.74) is 2.95. The maximum absolute atomic E-state index is 12.7. The second-order valence-corrected chi connectivity index (χ2v) is 9.87. The summed E-state index contributed by atoms with van der Waals surface area (Å²) in [5.74, 6) is 1.22. The van der Waals surface area contributed by atoms with Gasteiger partial charge in [0.25, 0.3) is 0 Å². The number of thioether (sulfide) groups is 1. The number of ether oxygens (including phenoxy) is 2. The van der Waals surface area contributed by atoms with Crippen molar-refractivity contribution in [2.75, 3.05) is 25.2 Å². The molecule has 1 atom stereocenters. The first kappa shape index (κ1) is 23.0. The smallest absolute Gasteiger partial charge is 0.302 e. The Hall–Kier alpha value is -2.72. The number of nitrogens with one attached hydrogen (secondary N) is 1. The van der Waals surface area contributed by atoms with Crippen molar-refractivity contribution in [3.63, 3.8) is 0 Å². The van der Waals surface area contributed by atoms with Crippen LogP contribution in [0.2, 0.25) is 0 Å². The first-order chi connectivity index (χ1) is 14.7. The molecule has 0 aliphatic carbocycles. The average molecular weight is 464 g/mol. The molecule has 31 heavy (non-hydrogen) atoms. The Balaban J connectivity index is 1.88. The highest BCUT2D eigenvalue weighted by Gasteiger charge is 2.30. The van der Waals surface area contributed by atoms with E-state index < -0.39 is 10.0 Å². The normalized spacial score (nSPS) is 16.6. The zero-order valence-electron chi connectivity index (χ0n) is 17.8. The molecule has 1 amide bonds. The van der Waals surface area contributed by atoms with E-state index >= 15 is 0 Å². The molecule has 1 unspecified atom stereocenters. The molecule has 2 aromatic carbocycles. The molecule has 1 aliphatic heterocycles. The minimum atomic E-state index is -3.34. The van der Waals surface area contributed by atoms with Crippen molar-refractivity contribution >= 4 is 38.4 Å². The van der Waals surface area contributed by atoms with E-state index in [4.69, 9.17) is 9.47 Å². The Morgan fingerprint density at radius 2 is 1.77 bits per heavy atom. The summed E-state index contributed by atoms with van der Waals surface area (Å²) >= 11 is 1.24. The lowest BCUT2D eigenvalue weighted by molar-refractivity contribution is 0.222. The third kappa shape index (κ3) is 5.71. The second-order valence-electron chi connectivity index (χ2n) is 6.96. The molecule has 8 nitrogen and oxygen atoms in total. The Morgan fingerprint density at radius 1 is 1.10 bits per heavy atom. The number of sulfonamides is 1. The van der Waals surface area contributed by atoms with Crippen molar-refractivity contribution in [1.29, 1.82) is 0 Å². The van der Waals surface area contributed by atoms with Gasteiger partial charge in [-0.15, -0.1) is 0 Å². The van der Waals surface area contributed by atoms with Crippen LogP contribution in [0, 0.1) is 0 Å². The first-order valence-electron chi connectivity index (χ1n) is 9.59. The lowest BCUT2D eigenvalue weighted by Gasteiger charge is -2.28. The van der Waals surface area contributed by atoms with Crippen LogP contribution in [0.3, 0.4) is 0 Å². The van der Waals surface area contributed by atoms with Gasteiger partial charge in [-0.3, -0.25) is 9.52 Å². The number of rotatable bonds is 8. The molecule has 0 fully saturated rings. The molecule has 0 saturated heterocycles. The van der Waals surface area contributed by atoms with Crippen LogP contribution in [0.4, 0.5) is 10.5 Å². The van der Waals surface area contributed by atoms with E-state index in [-0.39, 0.29) is 17.0 Å². The summed E-state index contributed by atoms with van der Waals surface area (Å²) in [6, 6.07) is 12.4. The SMILES string of the molecule is CCC1SC(=O)N(Cc2ccc(NS(C)(=O)=O)cc2)N=C1c1ccc(OC)c(OC)c1. The summed E-state index contributed by atoms with van der Waals surface area (Å²) in [6.45, 7) is 2.29. The first-order valence-corrected chi connectivity index (χ1v) is 12.4. The fourth-order valence-corrected chi connectivity index (χ4v) is 4.65. The fourth-order valence-electron chi connectivity index (χ4n) is 3.15. The number of carbonyl (C=O) groups is 1. The molecule has 3 rings (SSSR count). The summed E-state index contributed by atoms with van der Waals surface area (Å²) in [5, 5.41) is 5.90. The van der Waals surface area contributed by atoms with Gasteiger partial charge in [-0.05, 0) is 42.3 Å². The van der Waals surface area contributed by atoms with Crippen molar-refractivity contribution in [2.24, 2.45) is 5.10 Å². The van der Waals surface area contributed by atoms with Gasteiger partial charge in [0.1, 0.15) is 0 Å². The Labute approximate surface area is 186 Å². The number of nitrogens with zero attached hydrogens (tertiary/aromatic N) is 2. The number of hydrogen-bond acceptors (Lipinski definition) is 7. The summed E-state index contributed by atoms with van der Waals surface area (Å²) in [4.78, 5) is 12.7. The van der Waals surface area contributed by atoms with Crippen LogP contribution in [0.1, 0.15) is 24.5 Å². The second kappa shape index (κ2) is 9.61. The molecule has 0 spiro atoms. The van der Waals surface area contributed by atoms with E-state index in [9.17, 15) is 13.2 Å². The lowest BCUT2D eigenvalue weighted by Crippen LogP contribution is -2.34. The molecule has 2 aromatic rings. The van der Waals surface area contributed by atoms with Gasteiger partial charge < -0.3 is 9.47 Å². The van der Waals surface area contributed by atoms with Gasteiger partial charge in [0.15, 0.2) is 11.5 Å². The highest BCUT2D eigenvalue weighted by atomic mass is 32.2. The quantitative estimate of drug-likeness (QED) is 0.637. The van der Waals surface area contributed by atoms with Gasteiger partial charge in [0.2, 0.25) is 10.0 Å². The third-order valence-corrected chi connectivity index (χ3v) is 6.49. The molecular weight excluding hydrogens is 438 g/mol. The number of anilines is 1. The lowest BCUT2D eigenvalue weighted by atomic mass is 10.0. The minimum absolute atomic E-state index is 0.0665. The predicted octanol–water partition coefficient (Wildman–Crippen LogP) is 3.93. The number of benzene rings is 2. The van der Waals surface area contributed by atoms with E-state index in [1.54, 1.807) is 38.5 Å². The fraction of sp³-hybridized carbons (Fsp3) is 0.333. The minimum Gasteiger partial charge on any atom is -0.493 e. The molecular formula is C21H25N3O5S2. The van der Waals surface area contributed by atoms with Crippen molar-refractivity contribution < 1.29 is 22.7 Å². The van der Waals surface area contributed by atoms with Crippen molar-refractivity contribution in [3.05, 3.63) is 53.6 Å². The van der Waals surface area contributed by atoms with Crippen molar-refractivity contribution in [3.8, 4) is 11.5 Å². The summed E-state index contributed by atoms with van der Waals surface area (Å²) < 4.78 is 35.9. The van der Waals surface area contributed by atoms with E-state index in [0.29, 0.717) is 17.2 Å². The highest BCUT2D eigenvalue weighted by molar-refractivity contribution is 8.14. The number of hydrogen-bond donors (Lipinski definition) is 1. The van der Waals surface area contributed by atoms with Crippen LogP contribution in [-0.2, 0) is 16.6 Å². The highest BCUT2D eigenvalue weighted by Crippen LogP contribution is 2.33. The average Bonchev–Trinajstić information content (AvgIpc) is 2.74. The number of methoxy groups -OCH3 is 2. The van der Waals surface area contributed by atoms with E-state index in [1.807, 2.05) is 25.1 Å². The predicted molar refractivity (Wildman–Crippen MR) is 124 cm³/mol. The molecule has 0 aromatic heterocycles. The number of amides is 1. The van der Waals surface area contributed by atoms with E-state index in [2.05, 4.69) is 9.82 Å². The van der Waals surface area contributed by atoms with Gasteiger partial charge in [-0.1, -0.05) is 30.8 Å². The van der Waals surface area contributed by atoms with Gasteiger partial charge in [0, 0.05) is 11.3 Å². The molecule has 166 valence electrons. The maximum atomic E-state index is 12.7. The molecule has 1 heterocycles. The maximum Gasteiger partial charge on any atom is 0.302 e. The monoisotopic (exact) mass is 463 g/mol. The standard InChI is InChI=1S/C21H25N3O5S2/c1-5-19-20(15-8-11-17(28-2)18(12-15)29-3)22-24(21(25)30-19)13-14-6-9-16(10-7-14)23-31(4,26)27/h6-12,19,23H,5,13H2,1-4H3. The molecule has 0 saturated carbocycles. The molecule has 0 bridgehead atoms. The third-order valence-electron chi connectivity index (χ3n) is 4.63. The zero-order chi connectivity index (χ0) is 22.6. The van der Waals surface area contributed by atoms with Gasteiger partial charge in [-0.25, -0.2) is 13.4 Å².